The van der Waals surface area contributed by atoms with Crippen LogP contribution in [0, 0.1) is 0 Å². The quantitative estimate of drug-likeness (QED) is 0.188. The van der Waals surface area contributed by atoms with E-state index in [0.29, 0.717) is 17.5 Å². The normalized spacial score (nSPS) is 13.1. The van der Waals surface area contributed by atoms with Crippen molar-refractivity contribution in [1.29, 1.82) is 0 Å². The summed E-state index contributed by atoms with van der Waals surface area (Å²) in [7, 11) is 0. The van der Waals surface area contributed by atoms with Crippen LogP contribution < -0.4 is 0 Å². The third-order valence-corrected chi connectivity index (χ3v) is 9.60. The Balaban J connectivity index is 1.20. The van der Waals surface area contributed by atoms with E-state index in [-0.39, 0.29) is 5.41 Å². The van der Waals surface area contributed by atoms with Crippen molar-refractivity contribution >= 4 is 21.5 Å². The van der Waals surface area contributed by atoms with Crippen molar-refractivity contribution < 1.29 is 0 Å². The summed E-state index contributed by atoms with van der Waals surface area (Å²) >= 11 is 0. The Labute approximate surface area is 273 Å². The van der Waals surface area contributed by atoms with Crippen molar-refractivity contribution in [3.63, 3.8) is 0 Å². The molecule has 2 heterocycles. The summed E-state index contributed by atoms with van der Waals surface area (Å²) in [6.45, 7) is 4.67. The first-order valence-electron chi connectivity index (χ1n) is 16.0. The Kier molecular flexibility index (Phi) is 6.12. The van der Waals surface area contributed by atoms with Gasteiger partial charge in [0.15, 0.2) is 17.5 Å². The van der Waals surface area contributed by atoms with E-state index in [1.165, 1.54) is 43.8 Å². The lowest BCUT2D eigenvalue weighted by Crippen LogP contribution is -2.14. The minimum Gasteiger partial charge on any atom is -0.264 e. The van der Waals surface area contributed by atoms with Crippen LogP contribution in [0.15, 0.2) is 146 Å². The van der Waals surface area contributed by atoms with Gasteiger partial charge in [-0.1, -0.05) is 123 Å². The van der Waals surface area contributed by atoms with E-state index < -0.39 is 0 Å². The molecule has 1 aliphatic rings. The summed E-state index contributed by atoms with van der Waals surface area (Å²) in [6.07, 6.45) is 3.67. The predicted molar refractivity (Wildman–Crippen MR) is 192 cm³/mol. The van der Waals surface area contributed by atoms with E-state index in [1.807, 2.05) is 42.6 Å². The predicted octanol–water partition coefficient (Wildman–Crippen LogP) is 10.5. The lowest BCUT2D eigenvalue weighted by atomic mass is 9.81. The van der Waals surface area contributed by atoms with Gasteiger partial charge in [0.25, 0.3) is 0 Å². The highest BCUT2D eigenvalue weighted by Crippen LogP contribution is 2.50. The number of nitrogens with zero attached hydrogens (tertiary/aromatic N) is 4. The van der Waals surface area contributed by atoms with Gasteiger partial charge >= 0.3 is 0 Å². The van der Waals surface area contributed by atoms with Gasteiger partial charge in [-0.3, -0.25) is 4.98 Å². The van der Waals surface area contributed by atoms with E-state index in [1.54, 1.807) is 6.20 Å². The van der Waals surface area contributed by atoms with Crippen LogP contribution in [0.1, 0.15) is 25.0 Å². The zero-order valence-corrected chi connectivity index (χ0v) is 26.1. The number of aromatic nitrogens is 4. The highest BCUT2D eigenvalue weighted by Gasteiger charge is 2.35. The fourth-order valence-corrected chi connectivity index (χ4v) is 7.08. The molecule has 8 aromatic rings. The van der Waals surface area contributed by atoms with Crippen LogP contribution in [0.2, 0.25) is 0 Å². The molecule has 0 N–H and O–H groups in total. The number of hydrogen-bond acceptors (Lipinski definition) is 4. The minimum atomic E-state index is -0.0693. The maximum Gasteiger partial charge on any atom is 0.164 e. The average molecular weight is 603 g/mol. The van der Waals surface area contributed by atoms with Crippen LogP contribution in [-0.4, -0.2) is 19.9 Å². The molecule has 6 aromatic carbocycles. The molecule has 2 aromatic heterocycles. The van der Waals surface area contributed by atoms with Crippen molar-refractivity contribution in [3.05, 3.63) is 157 Å². The maximum absolute atomic E-state index is 5.06. The topological polar surface area (TPSA) is 51.6 Å². The Bertz CT molecular complexity index is 2470. The number of hydrogen-bond donors (Lipinski definition) is 0. The molecule has 0 atom stereocenters. The van der Waals surface area contributed by atoms with Crippen LogP contribution in [0.25, 0.3) is 78.0 Å². The van der Waals surface area contributed by atoms with Gasteiger partial charge in [-0.2, -0.15) is 0 Å². The van der Waals surface area contributed by atoms with Gasteiger partial charge < -0.3 is 0 Å². The molecule has 0 radical (unpaired) electrons. The van der Waals surface area contributed by atoms with E-state index in [9.17, 15) is 0 Å². The van der Waals surface area contributed by atoms with Crippen LogP contribution in [-0.2, 0) is 5.41 Å². The molecule has 0 spiro atoms. The van der Waals surface area contributed by atoms with Crippen LogP contribution in [0.5, 0.6) is 0 Å². The standard InChI is InChI=1S/C43H30N4/c1-43(2)38-13-7-6-12-34(38)37-23-31-20-16-28-17-21-32(24-35(28)36(31)25-39(37)43)42-46-40(29-9-4-3-5-10-29)45-41(47-42)30-18-14-27(15-19-30)33-11-8-22-44-26-33/h3-26H,1-2H3. The first-order valence-corrected chi connectivity index (χ1v) is 16.0. The lowest BCUT2D eigenvalue weighted by molar-refractivity contribution is 0.661. The van der Waals surface area contributed by atoms with Crippen molar-refractivity contribution in [3.8, 4) is 56.4 Å². The SMILES string of the molecule is CC1(C)c2ccccc2-c2cc3ccc4ccc(-c5nc(-c6ccccc6)nc(-c6ccc(-c7cccnc7)cc6)n5)cc4c3cc21. The molecule has 222 valence electrons. The highest BCUT2D eigenvalue weighted by atomic mass is 15.0. The van der Waals surface area contributed by atoms with Gasteiger partial charge in [0.05, 0.1) is 0 Å². The lowest BCUT2D eigenvalue weighted by Gasteiger charge is -2.22. The zero-order valence-electron chi connectivity index (χ0n) is 26.1. The van der Waals surface area contributed by atoms with Crippen molar-refractivity contribution in [1.82, 2.24) is 19.9 Å². The third kappa shape index (κ3) is 4.52. The number of rotatable bonds is 4. The van der Waals surface area contributed by atoms with Crippen molar-refractivity contribution in [2.45, 2.75) is 19.3 Å². The summed E-state index contributed by atoms with van der Waals surface area (Å²) < 4.78 is 0. The van der Waals surface area contributed by atoms with E-state index >= 15 is 0 Å². The molecule has 1 aliphatic carbocycles. The zero-order chi connectivity index (χ0) is 31.5. The molecule has 0 saturated heterocycles. The fraction of sp³-hybridized carbons (Fsp3) is 0.0698. The smallest absolute Gasteiger partial charge is 0.164 e. The second-order valence-corrected chi connectivity index (χ2v) is 12.8. The summed E-state index contributed by atoms with van der Waals surface area (Å²) in [6, 6.07) is 47.1. The van der Waals surface area contributed by atoms with E-state index in [4.69, 9.17) is 15.0 Å². The summed E-state index contributed by atoms with van der Waals surface area (Å²) in [5.41, 5.74) is 10.4. The monoisotopic (exact) mass is 602 g/mol. The molecule has 0 unspecified atom stereocenters. The largest absolute Gasteiger partial charge is 0.264 e. The Hall–Kier alpha value is -6.00. The van der Waals surface area contributed by atoms with Crippen LogP contribution in [0.3, 0.4) is 0 Å². The van der Waals surface area contributed by atoms with Crippen LogP contribution in [0.4, 0.5) is 0 Å². The molecule has 0 fully saturated rings. The highest BCUT2D eigenvalue weighted by molar-refractivity contribution is 6.10. The molecule has 9 rings (SSSR count). The molecular weight excluding hydrogens is 573 g/mol. The summed E-state index contributed by atoms with van der Waals surface area (Å²) in [5.74, 6) is 1.94. The van der Waals surface area contributed by atoms with Gasteiger partial charge in [-0.25, -0.2) is 15.0 Å². The molecule has 0 saturated carbocycles. The Morgan fingerprint density at radius 2 is 1.02 bits per heavy atom. The van der Waals surface area contributed by atoms with Gasteiger partial charge in [0.2, 0.25) is 0 Å². The summed E-state index contributed by atoms with van der Waals surface area (Å²) in [4.78, 5) is 19.3. The van der Waals surface area contributed by atoms with E-state index in [2.05, 4.69) is 116 Å². The Morgan fingerprint density at radius 3 is 1.79 bits per heavy atom. The molecule has 0 amide bonds. The summed E-state index contributed by atoms with van der Waals surface area (Å²) in [5, 5.41) is 4.86. The van der Waals surface area contributed by atoms with Crippen molar-refractivity contribution in [2.75, 3.05) is 0 Å². The van der Waals surface area contributed by atoms with Gasteiger partial charge in [0, 0.05) is 34.5 Å². The minimum absolute atomic E-state index is 0.0693. The number of benzene rings is 6. The Morgan fingerprint density at radius 1 is 0.426 bits per heavy atom. The first kappa shape index (κ1) is 27.3. The second kappa shape index (κ2) is 10.5. The fourth-order valence-electron chi connectivity index (χ4n) is 7.08. The van der Waals surface area contributed by atoms with Crippen molar-refractivity contribution in [2.24, 2.45) is 0 Å². The third-order valence-electron chi connectivity index (χ3n) is 9.60. The molecule has 47 heavy (non-hydrogen) atoms. The molecule has 4 heteroatoms. The number of pyridine rings is 1. The first-order chi connectivity index (χ1) is 23.0. The molecular formula is C43H30N4. The van der Waals surface area contributed by atoms with Gasteiger partial charge in [-0.05, 0) is 79.2 Å². The van der Waals surface area contributed by atoms with Gasteiger partial charge in [0.1, 0.15) is 0 Å². The van der Waals surface area contributed by atoms with Crippen LogP contribution >= 0.6 is 0 Å². The van der Waals surface area contributed by atoms with Gasteiger partial charge in [-0.15, -0.1) is 0 Å². The second-order valence-electron chi connectivity index (χ2n) is 12.8. The molecule has 0 bridgehead atoms. The van der Waals surface area contributed by atoms with E-state index in [0.717, 1.165) is 27.8 Å². The molecule has 0 aliphatic heterocycles. The average Bonchev–Trinajstić information content (AvgIpc) is 3.36. The molecule has 4 nitrogen and oxygen atoms in total. The number of fused-ring (bicyclic) bond motifs is 6. The maximum atomic E-state index is 5.06.